The molecular weight excluding hydrogens is 317 g/mol. The van der Waals surface area contributed by atoms with Gasteiger partial charge in [-0.3, -0.25) is 9.59 Å². The van der Waals surface area contributed by atoms with Crippen molar-refractivity contribution in [2.75, 3.05) is 5.32 Å². The van der Waals surface area contributed by atoms with E-state index >= 15 is 0 Å². The number of rotatable bonds is 3. The first-order chi connectivity index (χ1) is 9.90. The van der Waals surface area contributed by atoms with E-state index in [-0.39, 0.29) is 15.8 Å². The molecule has 7 heteroatoms. The van der Waals surface area contributed by atoms with Crippen molar-refractivity contribution in [3.63, 3.8) is 0 Å². The van der Waals surface area contributed by atoms with Crippen molar-refractivity contribution in [3.05, 3.63) is 34.3 Å². The minimum Gasteiger partial charge on any atom is -0.505 e. The summed E-state index contributed by atoms with van der Waals surface area (Å²) in [6.45, 7) is 0. The molecule has 1 amide bonds. The van der Waals surface area contributed by atoms with Gasteiger partial charge in [-0.25, -0.2) is 0 Å². The lowest BCUT2D eigenvalue weighted by Gasteiger charge is -2.24. The molecule has 112 valence electrons. The van der Waals surface area contributed by atoms with Crippen molar-refractivity contribution in [1.82, 2.24) is 0 Å². The highest BCUT2D eigenvalue weighted by Gasteiger charge is 2.34. The highest BCUT2D eigenvalue weighted by atomic mass is 35.5. The number of halogens is 2. The van der Waals surface area contributed by atoms with Crippen molar-refractivity contribution in [2.24, 2.45) is 11.8 Å². The van der Waals surface area contributed by atoms with Gasteiger partial charge in [-0.1, -0.05) is 35.4 Å². The quantitative estimate of drug-likeness (QED) is 0.586. The van der Waals surface area contributed by atoms with E-state index in [0.29, 0.717) is 18.5 Å². The molecule has 2 rings (SSSR count). The SMILES string of the molecule is O=C(O)[C@H]1CC=CC[C@H]1C(=O)Nc1cc(Cl)c(O)c(Cl)c1. The Hall–Kier alpha value is -1.72. The number of carboxylic acid groups (broad SMARTS) is 1. The summed E-state index contributed by atoms with van der Waals surface area (Å²) in [7, 11) is 0. The zero-order valence-electron chi connectivity index (χ0n) is 10.8. The second kappa shape index (κ2) is 6.37. The van der Waals surface area contributed by atoms with Crippen LogP contribution in [-0.4, -0.2) is 22.1 Å². The number of benzene rings is 1. The summed E-state index contributed by atoms with van der Waals surface area (Å²) in [4.78, 5) is 23.4. The normalized spacial score (nSPS) is 21.0. The van der Waals surface area contributed by atoms with Crippen LogP contribution >= 0.6 is 23.2 Å². The van der Waals surface area contributed by atoms with Gasteiger partial charge in [0.2, 0.25) is 5.91 Å². The van der Waals surface area contributed by atoms with Gasteiger partial charge in [0.05, 0.1) is 21.9 Å². The maximum Gasteiger partial charge on any atom is 0.307 e. The fraction of sp³-hybridized carbons (Fsp3) is 0.286. The molecule has 1 aromatic rings. The zero-order valence-corrected chi connectivity index (χ0v) is 12.4. The fourth-order valence-corrected chi connectivity index (χ4v) is 2.74. The summed E-state index contributed by atoms with van der Waals surface area (Å²) in [5, 5.41) is 21.2. The van der Waals surface area contributed by atoms with E-state index in [4.69, 9.17) is 28.3 Å². The van der Waals surface area contributed by atoms with Gasteiger partial charge in [0.15, 0.2) is 5.75 Å². The van der Waals surface area contributed by atoms with E-state index < -0.39 is 23.7 Å². The van der Waals surface area contributed by atoms with E-state index in [1.807, 2.05) is 0 Å². The Balaban J connectivity index is 2.17. The van der Waals surface area contributed by atoms with Crippen molar-refractivity contribution in [3.8, 4) is 5.75 Å². The molecule has 0 aliphatic heterocycles. The number of carbonyl (C=O) groups is 2. The summed E-state index contributed by atoms with van der Waals surface area (Å²) in [6.07, 6.45) is 4.24. The number of carbonyl (C=O) groups excluding carboxylic acids is 1. The van der Waals surface area contributed by atoms with Crippen LogP contribution in [0.5, 0.6) is 5.75 Å². The van der Waals surface area contributed by atoms with Crippen LogP contribution in [0, 0.1) is 11.8 Å². The summed E-state index contributed by atoms with van der Waals surface area (Å²) in [6, 6.07) is 2.71. The van der Waals surface area contributed by atoms with Crippen molar-refractivity contribution in [1.29, 1.82) is 0 Å². The summed E-state index contributed by atoms with van der Waals surface area (Å²) < 4.78 is 0. The highest BCUT2D eigenvalue weighted by molar-refractivity contribution is 6.37. The number of aliphatic carboxylic acids is 1. The molecule has 0 radical (unpaired) electrons. The van der Waals surface area contributed by atoms with Crippen LogP contribution in [-0.2, 0) is 9.59 Å². The predicted molar refractivity (Wildman–Crippen MR) is 79.7 cm³/mol. The van der Waals surface area contributed by atoms with E-state index in [0.717, 1.165) is 0 Å². The molecule has 0 fully saturated rings. The van der Waals surface area contributed by atoms with Crippen LogP contribution in [0.4, 0.5) is 5.69 Å². The summed E-state index contributed by atoms with van der Waals surface area (Å²) in [5.74, 6) is -3.08. The summed E-state index contributed by atoms with van der Waals surface area (Å²) in [5.41, 5.74) is 0.312. The van der Waals surface area contributed by atoms with Crippen LogP contribution in [0.2, 0.25) is 10.0 Å². The molecule has 1 aromatic carbocycles. The molecule has 0 unspecified atom stereocenters. The number of amides is 1. The highest BCUT2D eigenvalue weighted by Crippen LogP contribution is 2.35. The molecule has 0 aromatic heterocycles. The first-order valence-corrected chi connectivity index (χ1v) is 7.02. The minimum atomic E-state index is -0.999. The standard InChI is InChI=1S/C14H13Cl2NO4/c15-10-5-7(6-11(16)12(10)18)17-13(19)8-3-1-2-4-9(8)14(20)21/h1-2,5-6,8-9,18H,3-4H2,(H,17,19)(H,20,21)/t8-,9+/m1/s1. The lowest BCUT2D eigenvalue weighted by Crippen LogP contribution is -2.34. The lowest BCUT2D eigenvalue weighted by atomic mass is 9.82. The average Bonchev–Trinajstić information content (AvgIpc) is 2.44. The number of phenols is 1. The van der Waals surface area contributed by atoms with Gasteiger partial charge in [0.25, 0.3) is 0 Å². The first-order valence-electron chi connectivity index (χ1n) is 6.27. The van der Waals surface area contributed by atoms with E-state index in [2.05, 4.69) is 5.32 Å². The molecule has 5 nitrogen and oxygen atoms in total. The average molecular weight is 330 g/mol. The molecule has 0 saturated heterocycles. The molecule has 0 heterocycles. The van der Waals surface area contributed by atoms with Crippen molar-refractivity contribution < 1.29 is 19.8 Å². The fourth-order valence-electron chi connectivity index (χ4n) is 2.25. The van der Waals surface area contributed by atoms with Crippen LogP contribution in [0.3, 0.4) is 0 Å². The largest absolute Gasteiger partial charge is 0.505 e. The van der Waals surface area contributed by atoms with Gasteiger partial charge in [-0.15, -0.1) is 0 Å². The first kappa shape index (κ1) is 15.7. The van der Waals surface area contributed by atoms with E-state index in [1.165, 1.54) is 12.1 Å². The van der Waals surface area contributed by atoms with Gasteiger partial charge in [0, 0.05) is 5.69 Å². The molecule has 1 aliphatic carbocycles. The number of phenolic OH excluding ortho intramolecular Hbond substituents is 1. The van der Waals surface area contributed by atoms with Crippen LogP contribution in [0.25, 0.3) is 0 Å². The van der Waals surface area contributed by atoms with Gasteiger partial charge < -0.3 is 15.5 Å². The van der Waals surface area contributed by atoms with Gasteiger partial charge >= 0.3 is 5.97 Å². The van der Waals surface area contributed by atoms with Gasteiger partial charge in [-0.2, -0.15) is 0 Å². The molecule has 2 atom stereocenters. The van der Waals surface area contributed by atoms with Crippen molar-refractivity contribution in [2.45, 2.75) is 12.8 Å². The maximum atomic E-state index is 12.2. The predicted octanol–water partition coefficient (Wildman–Crippen LogP) is 3.30. The number of nitrogens with one attached hydrogen (secondary N) is 1. The van der Waals surface area contributed by atoms with Crippen LogP contribution < -0.4 is 5.32 Å². The molecule has 21 heavy (non-hydrogen) atoms. The molecule has 3 N–H and O–H groups in total. The van der Waals surface area contributed by atoms with E-state index in [1.54, 1.807) is 12.2 Å². The number of carboxylic acids is 1. The third-order valence-corrected chi connectivity index (χ3v) is 3.95. The second-order valence-corrected chi connectivity index (χ2v) is 5.59. The smallest absolute Gasteiger partial charge is 0.307 e. The third-order valence-electron chi connectivity index (χ3n) is 3.37. The minimum absolute atomic E-state index is 0.0103. The second-order valence-electron chi connectivity index (χ2n) is 4.77. The Morgan fingerprint density at radius 2 is 1.62 bits per heavy atom. The lowest BCUT2D eigenvalue weighted by molar-refractivity contribution is -0.146. The number of aromatic hydroxyl groups is 1. The zero-order chi connectivity index (χ0) is 15.6. The molecule has 0 spiro atoms. The van der Waals surface area contributed by atoms with Gasteiger partial charge in [0.1, 0.15) is 0 Å². The topological polar surface area (TPSA) is 86.6 Å². The Bertz CT molecular complexity index is 592. The van der Waals surface area contributed by atoms with Crippen LogP contribution in [0.15, 0.2) is 24.3 Å². The molecule has 1 aliphatic rings. The molecule has 0 bridgehead atoms. The number of anilines is 1. The number of hydrogen-bond acceptors (Lipinski definition) is 3. The molecule has 0 saturated carbocycles. The van der Waals surface area contributed by atoms with Crippen molar-refractivity contribution >= 4 is 40.8 Å². The van der Waals surface area contributed by atoms with Gasteiger partial charge in [-0.05, 0) is 25.0 Å². The maximum absolute atomic E-state index is 12.2. The Morgan fingerprint density at radius 3 is 2.14 bits per heavy atom. The third kappa shape index (κ3) is 3.49. The summed E-state index contributed by atoms with van der Waals surface area (Å²) >= 11 is 11.6. The monoisotopic (exact) mass is 329 g/mol. The molecular formula is C14H13Cl2NO4. The Morgan fingerprint density at radius 1 is 1.10 bits per heavy atom. The van der Waals surface area contributed by atoms with E-state index in [9.17, 15) is 14.7 Å². The number of allylic oxidation sites excluding steroid dienone is 2. The number of hydrogen-bond donors (Lipinski definition) is 3. The Kier molecular flexibility index (Phi) is 4.75. The Labute approximate surface area is 131 Å². The van der Waals surface area contributed by atoms with Crippen LogP contribution in [0.1, 0.15) is 12.8 Å².